The Morgan fingerprint density at radius 1 is 1.33 bits per heavy atom. The second-order valence-corrected chi connectivity index (χ2v) is 3.10. The Morgan fingerprint density at radius 2 is 2.07 bits per heavy atom. The number of rotatable bonds is 1. The minimum absolute atomic E-state index is 0.00815. The van der Waals surface area contributed by atoms with Gasteiger partial charge in [-0.25, -0.2) is 8.78 Å². The molecule has 0 fully saturated rings. The van der Waals surface area contributed by atoms with Gasteiger partial charge < -0.3 is 5.73 Å². The molecule has 0 atom stereocenters. The van der Waals surface area contributed by atoms with Crippen molar-refractivity contribution in [2.24, 2.45) is 0 Å². The molecule has 0 aliphatic rings. The van der Waals surface area contributed by atoms with Gasteiger partial charge in [0, 0.05) is 0 Å². The fourth-order valence-electron chi connectivity index (χ4n) is 1.26. The summed E-state index contributed by atoms with van der Waals surface area (Å²) in [5.74, 6) is -1.42. The molecule has 0 saturated heterocycles. The number of hydrogen-bond acceptors (Lipinski definition) is 3. The molecule has 3 N–H and O–H groups in total. The molecule has 1 aromatic carbocycles. The molecule has 15 heavy (non-hydrogen) atoms. The number of hydrogen-bond donors (Lipinski definition) is 2. The van der Waals surface area contributed by atoms with Crippen molar-refractivity contribution < 1.29 is 8.78 Å². The van der Waals surface area contributed by atoms with Crippen LogP contribution in [0.15, 0.2) is 12.1 Å². The number of halogens is 2. The van der Waals surface area contributed by atoms with Gasteiger partial charge in [-0.05, 0) is 18.6 Å². The van der Waals surface area contributed by atoms with Crippen molar-refractivity contribution in [3.63, 3.8) is 0 Å². The topological polar surface area (TPSA) is 67.6 Å². The number of H-pyrrole nitrogens is 1. The van der Waals surface area contributed by atoms with Gasteiger partial charge in [0.1, 0.15) is 11.6 Å². The number of nitrogen functional groups attached to an aromatic ring is 1. The summed E-state index contributed by atoms with van der Waals surface area (Å²) in [5, 5.41) is 5.88. The number of nitrogens with two attached hydrogens (primary N) is 1. The molecule has 0 aliphatic heterocycles. The Bertz CT molecular complexity index is 507. The fraction of sp³-hybridized carbons (Fsp3) is 0.111. The van der Waals surface area contributed by atoms with E-state index in [0.29, 0.717) is 5.56 Å². The average molecular weight is 210 g/mol. The highest BCUT2D eigenvalue weighted by molar-refractivity contribution is 5.58. The lowest BCUT2D eigenvalue weighted by Crippen LogP contribution is -1.95. The maximum absolute atomic E-state index is 13.6. The van der Waals surface area contributed by atoms with E-state index in [-0.39, 0.29) is 17.3 Å². The van der Waals surface area contributed by atoms with Crippen LogP contribution in [0.1, 0.15) is 5.56 Å². The minimum atomic E-state index is -0.700. The highest BCUT2D eigenvalue weighted by atomic mass is 19.1. The lowest BCUT2D eigenvalue weighted by molar-refractivity contribution is 0.582. The number of aromatic amines is 1. The summed E-state index contributed by atoms with van der Waals surface area (Å²) in [4.78, 5) is 3.67. The third-order valence-corrected chi connectivity index (χ3v) is 2.02. The second-order valence-electron chi connectivity index (χ2n) is 3.10. The average Bonchev–Trinajstić information content (AvgIpc) is 2.59. The Morgan fingerprint density at radius 3 is 2.67 bits per heavy atom. The quantitative estimate of drug-likeness (QED) is 0.751. The standard InChI is InChI=1S/C9H8F2N4/c1-4-2-3-5(10)6(7(4)11)8-13-9(12)15-14-8/h2-3H,1H3,(H3,12,13,14,15). The first-order valence-corrected chi connectivity index (χ1v) is 4.22. The normalized spacial score (nSPS) is 10.6. The van der Waals surface area contributed by atoms with Crippen LogP contribution in [0.5, 0.6) is 0 Å². The highest BCUT2D eigenvalue weighted by Crippen LogP contribution is 2.25. The zero-order valence-corrected chi connectivity index (χ0v) is 7.88. The summed E-state index contributed by atoms with van der Waals surface area (Å²) < 4.78 is 26.9. The Hall–Kier alpha value is -1.98. The van der Waals surface area contributed by atoms with Gasteiger partial charge in [0.2, 0.25) is 5.95 Å². The molecule has 6 heteroatoms. The SMILES string of the molecule is Cc1ccc(F)c(-c2nc(N)n[nH]2)c1F. The molecule has 1 heterocycles. The van der Waals surface area contributed by atoms with Crippen molar-refractivity contribution in [1.82, 2.24) is 15.2 Å². The van der Waals surface area contributed by atoms with E-state index in [1.54, 1.807) is 0 Å². The van der Waals surface area contributed by atoms with E-state index in [0.717, 1.165) is 0 Å². The number of aryl methyl sites for hydroxylation is 1. The van der Waals surface area contributed by atoms with Crippen molar-refractivity contribution in [3.8, 4) is 11.4 Å². The Labute approximate surface area is 84.1 Å². The maximum atomic E-state index is 13.6. The number of aromatic nitrogens is 3. The van der Waals surface area contributed by atoms with Gasteiger partial charge in [0.25, 0.3) is 0 Å². The van der Waals surface area contributed by atoms with Crippen LogP contribution in [-0.2, 0) is 0 Å². The molecule has 0 aliphatic carbocycles. The molecular formula is C9H8F2N4. The monoisotopic (exact) mass is 210 g/mol. The van der Waals surface area contributed by atoms with Crippen molar-refractivity contribution in [3.05, 3.63) is 29.3 Å². The smallest absolute Gasteiger partial charge is 0.239 e. The number of anilines is 1. The molecule has 4 nitrogen and oxygen atoms in total. The molecule has 1 aromatic heterocycles. The molecule has 0 spiro atoms. The molecule has 0 radical (unpaired) electrons. The van der Waals surface area contributed by atoms with Crippen LogP contribution < -0.4 is 5.73 Å². The van der Waals surface area contributed by atoms with E-state index in [2.05, 4.69) is 15.2 Å². The molecule has 0 bridgehead atoms. The van der Waals surface area contributed by atoms with Crippen LogP contribution in [0.25, 0.3) is 11.4 Å². The van der Waals surface area contributed by atoms with Gasteiger partial charge in [-0.3, -0.25) is 5.10 Å². The predicted octanol–water partition coefficient (Wildman–Crippen LogP) is 1.64. The molecule has 2 rings (SSSR count). The number of nitrogens with zero attached hydrogens (tertiary/aromatic N) is 2. The summed E-state index contributed by atoms with van der Waals surface area (Å²) in [6, 6.07) is 2.53. The summed E-state index contributed by atoms with van der Waals surface area (Å²) >= 11 is 0. The summed E-state index contributed by atoms with van der Waals surface area (Å²) in [6.07, 6.45) is 0. The van der Waals surface area contributed by atoms with E-state index in [9.17, 15) is 8.78 Å². The highest BCUT2D eigenvalue weighted by Gasteiger charge is 2.16. The van der Waals surface area contributed by atoms with Crippen LogP contribution >= 0.6 is 0 Å². The largest absolute Gasteiger partial charge is 0.366 e. The fourth-order valence-corrected chi connectivity index (χ4v) is 1.26. The lowest BCUT2D eigenvalue weighted by Gasteiger charge is -2.03. The minimum Gasteiger partial charge on any atom is -0.366 e. The zero-order chi connectivity index (χ0) is 11.0. The first-order chi connectivity index (χ1) is 7.09. The van der Waals surface area contributed by atoms with Gasteiger partial charge in [0.05, 0.1) is 5.56 Å². The van der Waals surface area contributed by atoms with E-state index < -0.39 is 11.6 Å². The lowest BCUT2D eigenvalue weighted by atomic mass is 10.1. The number of benzene rings is 1. The van der Waals surface area contributed by atoms with Crippen molar-refractivity contribution in [1.29, 1.82) is 0 Å². The van der Waals surface area contributed by atoms with Crippen LogP contribution in [-0.4, -0.2) is 15.2 Å². The van der Waals surface area contributed by atoms with Crippen LogP contribution in [0, 0.1) is 18.6 Å². The van der Waals surface area contributed by atoms with Crippen LogP contribution in [0.2, 0.25) is 0 Å². The van der Waals surface area contributed by atoms with E-state index in [4.69, 9.17) is 5.73 Å². The van der Waals surface area contributed by atoms with Crippen molar-refractivity contribution in [2.75, 3.05) is 5.73 Å². The maximum Gasteiger partial charge on any atom is 0.239 e. The van der Waals surface area contributed by atoms with E-state index in [1.165, 1.54) is 19.1 Å². The molecule has 0 unspecified atom stereocenters. The molecule has 78 valence electrons. The van der Waals surface area contributed by atoms with Crippen molar-refractivity contribution >= 4 is 5.95 Å². The summed E-state index contributed by atoms with van der Waals surface area (Å²) in [7, 11) is 0. The third kappa shape index (κ3) is 1.54. The van der Waals surface area contributed by atoms with Gasteiger partial charge in [-0.1, -0.05) is 6.07 Å². The van der Waals surface area contributed by atoms with Crippen LogP contribution in [0.4, 0.5) is 14.7 Å². The Kier molecular flexibility index (Phi) is 2.11. The van der Waals surface area contributed by atoms with Gasteiger partial charge in [-0.15, -0.1) is 5.10 Å². The van der Waals surface area contributed by atoms with E-state index >= 15 is 0 Å². The molecule has 0 amide bonds. The predicted molar refractivity (Wildman–Crippen MR) is 50.9 cm³/mol. The number of nitrogens with one attached hydrogen (secondary N) is 1. The first-order valence-electron chi connectivity index (χ1n) is 4.22. The summed E-state index contributed by atoms with van der Waals surface area (Å²) in [5.41, 5.74) is 5.35. The molecule has 2 aromatic rings. The van der Waals surface area contributed by atoms with Crippen molar-refractivity contribution in [2.45, 2.75) is 6.92 Å². The first kappa shape index (κ1) is 9.57. The van der Waals surface area contributed by atoms with Gasteiger partial charge in [0.15, 0.2) is 5.82 Å². The molecule has 0 saturated carbocycles. The van der Waals surface area contributed by atoms with Crippen LogP contribution in [0.3, 0.4) is 0 Å². The van der Waals surface area contributed by atoms with E-state index in [1.807, 2.05) is 0 Å². The van der Waals surface area contributed by atoms with Gasteiger partial charge in [-0.2, -0.15) is 4.98 Å². The Balaban J connectivity index is 2.66. The molecular weight excluding hydrogens is 202 g/mol. The van der Waals surface area contributed by atoms with Gasteiger partial charge >= 0.3 is 0 Å². The zero-order valence-electron chi connectivity index (χ0n) is 7.88. The second kappa shape index (κ2) is 3.30. The third-order valence-electron chi connectivity index (χ3n) is 2.02. The summed E-state index contributed by atoms with van der Waals surface area (Å²) in [6.45, 7) is 1.54.